The van der Waals surface area contributed by atoms with Crippen molar-refractivity contribution in [2.24, 2.45) is 0 Å². The van der Waals surface area contributed by atoms with Crippen molar-refractivity contribution in [3.63, 3.8) is 0 Å². The molecule has 26 heavy (non-hydrogen) atoms. The van der Waals surface area contributed by atoms with Gasteiger partial charge >= 0.3 is 17.8 Å². The number of nitro groups is 2. The predicted octanol–water partition coefficient (Wildman–Crippen LogP) is 2.00. The fraction of sp³-hybridized carbons (Fsp3) is 0. The molecule has 0 spiro atoms. The summed E-state index contributed by atoms with van der Waals surface area (Å²) in [6.07, 6.45) is 0. The highest BCUT2D eigenvalue weighted by molar-refractivity contribution is 6.60. The van der Waals surface area contributed by atoms with Crippen LogP contribution < -0.4 is 9.80 Å². The number of nitrogens with zero attached hydrogens (tertiary/aromatic N) is 4. The molecule has 1 heterocycles. The number of hydrogen-bond acceptors (Lipinski definition) is 7. The van der Waals surface area contributed by atoms with Gasteiger partial charge in [-0.25, -0.2) is 14.6 Å². The molecule has 0 saturated carbocycles. The highest BCUT2D eigenvalue weighted by Gasteiger charge is 2.46. The van der Waals surface area contributed by atoms with E-state index < -0.39 is 27.7 Å². The van der Waals surface area contributed by atoms with E-state index in [9.17, 15) is 34.6 Å². The molecule has 2 aromatic rings. The zero-order valence-corrected chi connectivity index (χ0v) is 12.8. The average Bonchev–Trinajstić information content (AvgIpc) is 2.84. The van der Waals surface area contributed by atoms with E-state index in [1.165, 1.54) is 24.3 Å². The lowest BCUT2D eigenvalue weighted by molar-refractivity contribution is -0.385. The first-order chi connectivity index (χ1) is 12.3. The molecule has 0 N–H and O–H groups in total. The van der Waals surface area contributed by atoms with Crippen LogP contribution in [0, 0.1) is 20.2 Å². The first kappa shape index (κ1) is 16.7. The number of hydrogen-bond donors (Lipinski definition) is 0. The van der Waals surface area contributed by atoms with E-state index in [1.807, 2.05) is 0 Å². The van der Waals surface area contributed by atoms with Gasteiger partial charge in [-0.15, -0.1) is 0 Å². The van der Waals surface area contributed by atoms with Gasteiger partial charge in [-0.3, -0.25) is 29.8 Å². The molecule has 0 aliphatic carbocycles. The summed E-state index contributed by atoms with van der Waals surface area (Å²) in [5.74, 6) is -2.27. The summed E-state index contributed by atoms with van der Waals surface area (Å²) in [7, 11) is 0. The van der Waals surface area contributed by atoms with Crippen molar-refractivity contribution in [1.29, 1.82) is 0 Å². The monoisotopic (exact) mass is 356 g/mol. The standard InChI is InChI=1S/C15H8N4O7/c20-13-14(21)17(10-3-7-12(8-4-10)19(25)26)15(22)16(13)9-1-5-11(6-2-9)18(23)24/h1-8H. The topological polar surface area (TPSA) is 144 Å². The Hall–Kier alpha value is -4.15. The number of amides is 4. The Morgan fingerprint density at radius 1 is 0.615 bits per heavy atom. The van der Waals surface area contributed by atoms with Crippen molar-refractivity contribution in [2.75, 3.05) is 9.80 Å². The summed E-state index contributed by atoms with van der Waals surface area (Å²) >= 11 is 0. The van der Waals surface area contributed by atoms with Crippen molar-refractivity contribution < 1.29 is 24.2 Å². The Bertz CT molecular complexity index is 875. The maximum atomic E-state index is 12.5. The Kier molecular flexibility index (Phi) is 3.89. The molecule has 0 atom stereocenters. The Morgan fingerprint density at radius 2 is 0.923 bits per heavy atom. The number of imide groups is 2. The second-order valence-corrected chi connectivity index (χ2v) is 5.11. The van der Waals surface area contributed by atoms with Crippen LogP contribution in [0.4, 0.5) is 27.5 Å². The summed E-state index contributed by atoms with van der Waals surface area (Å²) in [4.78, 5) is 58.0. The lowest BCUT2D eigenvalue weighted by Gasteiger charge is -2.15. The first-order valence-corrected chi connectivity index (χ1v) is 7.02. The normalized spacial score (nSPS) is 14.1. The van der Waals surface area contributed by atoms with Gasteiger partial charge in [0.25, 0.3) is 11.4 Å². The van der Waals surface area contributed by atoms with Crippen molar-refractivity contribution in [2.45, 2.75) is 0 Å². The van der Waals surface area contributed by atoms with E-state index in [2.05, 4.69) is 0 Å². The molecule has 4 amide bonds. The highest BCUT2D eigenvalue weighted by Crippen LogP contribution is 2.29. The van der Waals surface area contributed by atoms with Gasteiger partial charge in [-0.2, -0.15) is 0 Å². The second-order valence-electron chi connectivity index (χ2n) is 5.11. The highest BCUT2D eigenvalue weighted by atomic mass is 16.6. The summed E-state index contributed by atoms with van der Waals surface area (Å²) in [6.45, 7) is 0. The molecule has 0 unspecified atom stereocenters. The van der Waals surface area contributed by atoms with Crippen LogP contribution in [-0.2, 0) is 9.59 Å². The van der Waals surface area contributed by atoms with Crippen LogP contribution in [0.15, 0.2) is 48.5 Å². The van der Waals surface area contributed by atoms with Gasteiger partial charge in [0.1, 0.15) is 0 Å². The third-order valence-electron chi connectivity index (χ3n) is 3.61. The van der Waals surface area contributed by atoms with Gasteiger partial charge in [0, 0.05) is 24.3 Å². The van der Waals surface area contributed by atoms with Crippen LogP contribution in [-0.4, -0.2) is 27.7 Å². The van der Waals surface area contributed by atoms with Gasteiger partial charge in [-0.05, 0) is 24.3 Å². The Morgan fingerprint density at radius 3 is 1.19 bits per heavy atom. The third kappa shape index (κ3) is 2.62. The Labute approximate surface area is 144 Å². The largest absolute Gasteiger partial charge is 0.343 e. The zero-order chi connectivity index (χ0) is 19.0. The maximum absolute atomic E-state index is 12.5. The average molecular weight is 356 g/mol. The van der Waals surface area contributed by atoms with Gasteiger partial charge in [0.15, 0.2) is 0 Å². The molecule has 130 valence electrons. The number of nitro benzene ring substituents is 2. The quantitative estimate of drug-likeness (QED) is 0.352. The van der Waals surface area contributed by atoms with Crippen LogP contribution in [0.1, 0.15) is 0 Å². The van der Waals surface area contributed by atoms with Crippen LogP contribution >= 0.6 is 0 Å². The zero-order valence-electron chi connectivity index (χ0n) is 12.8. The second kappa shape index (κ2) is 6.05. The van der Waals surface area contributed by atoms with Crippen LogP contribution in [0.5, 0.6) is 0 Å². The maximum Gasteiger partial charge on any atom is 0.343 e. The molecular formula is C15H8N4O7. The first-order valence-electron chi connectivity index (χ1n) is 7.02. The SMILES string of the molecule is O=C1C(=O)N(c2ccc([N+](=O)[O-])cc2)C(=O)N1c1ccc([N+](=O)[O-])cc1. The van der Waals surface area contributed by atoms with Crippen molar-refractivity contribution in [1.82, 2.24) is 0 Å². The molecule has 2 aromatic carbocycles. The molecule has 0 radical (unpaired) electrons. The lowest BCUT2D eigenvalue weighted by atomic mass is 10.2. The molecule has 1 fully saturated rings. The molecule has 11 nitrogen and oxygen atoms in total. The van der Waals surface area contributed by atoms with E-state index in [0.717, 1.165) is 24.3 Å². The van der Waals surface area contributed by atoms with Gasteiger partial charge in [0.05, 0.1) is 21.2 Å². The fourth-order valence-electron chi connectivity index (χ4n) is 2.37. The van der Waals surface area contributed by atoms with Gasteiger partial charge in [-0.1, -0.05) is 0 Å². The molecular weight excluding hydrogens is 348 g/mol. The fourth-order valence-corrected chi connectivity index (χ4v) is 2.37. The molecule has 1 aliphatic heterocycles. The van der Waals surface area contributed by atoms with Gasteiger partial charge in [0.2, 0.25) is 0 Å². The summed E-state index contributed by atoms with van der Waals surface area (Å²) < 4.78 is 0. The Balaban J connectivity index is 1.94. The number of urea groups is 1. The van der Waals surface area contributed by atoms with E-state index in [0.29, 0.717) is 9.80 Å². The molecule has 0 bridgehead atoms. The summed E-state index contributed by atoms with van der Waals surface area (Å²) in [6, 6.07) is 8.05. The van der Waals surface area contributed by atoms with Crippen LogP contribution in [0.3, 0.4) is 0 Å². The number of carbonyl (C=O) groups is 3. The van der Waals surface area contributed by atoms with Gasteiger partial charge < -0.3 is 0 Å². The lowest BCUT2D eigenvalue weighted by Crippen LogP contribution is -2.33. The summed E-state index contributed by atoms with van der Waals surface area (Å²) in [5, 5.41) is 21.3. The molecule has 1 saturated heterocycles. The number of rotatable bonds is 4. The number of non-ortho nitro benzene ring substituents is 2. The summed E-state index contributed by atoms with van der Waals surface area (Å²) in [5.41, 5.74) is -0.510. The van der Waals surface area contributed by atoms with E-state index >= 15 is 0 Å². The molecule has 0 aromatic heterocycles. The minimum absolute atomic E-state index is 0.0108. The van der Waals surface area contributed by atoms with Crippen LogP contribution in [0.2, 0.25) is 0 Å². The third-order valence-corrected chi connectivity index (χ3v) is 3.61. The molecule has 1 aliphatic rings. The van der Waals surface area contributed by atoms with E-state index in [1.54, 1.807) is 0 Å². The number of anilines is 2. The van der Waals surface area contributed by atoms with E-state index in [4.69, 9.17) is 0 Å². The molecule has 3 rings (SSSR count). The smallest absolute Gasteiger partial charge is 0.262 e. The van der Waals surface area contributed by atoms with Crippen molar-refractivity contribution in [3.05, 3.63) is 68.8 Å². The minimum atomic E-state index is -1.14. The van der Waals surface area contributed by atoms with Crippen LogP contribution in [0.25, 0.3) is 0 Å². The predicted molar refractivity (Wildman–Crippen MR) is 86.6 cm³/mol. The van der Waals surface area contributed by atoms with Crippen molar-refractivity contribution >= 4 is 40.6 Å². The van der Waals surface area contributed by atoms with Crippen molar-refractivity contribution in [3.8, 4) is 0 Å². The number of carbonyl (C=O) groups excluding carboxylic acids is 3. The number of benzene rings is 2. The molecule has 11 heteroatoms. The van der Waals surface area contributed by atoms with E-state index in [-0.39, 0.29) is 22.7 Å². The minimum Gasteiger partial charge on any atom is -0.262 e.